The maximum Gasteiger partial charge on any atom is 0.257 e. The summed E-state index contributed by atoms with van der Waals surface area (Å²) in [5.41, 5.74) is 7.68. The second kappa shape index (κ2) is 12.1. The number of nitriles is 3. The molecule has 0 N–H and O–H groups in total. The van der Waals surface area contributed by atoms with Crippen molar-refractivity contribution in [2.45, 2.75) is 50.5 Å². The minimum absolute atomic E-state index is 0.0378. The predicted molar refractivity (Wildman–Crippen MR) is 216 cm³/mol. The molecule has 7 aromatic rings. The van der Waals surface area contributed by atoms with Crippen LogP contribution in [0, 0.1) is 34.0 Å². The van der Waals surface area contributed by atoms with E-state index >= 15 is 0 Å². The Morgan fingerprint density at radius 1 is 0.547 bits per heavy atom. The molecular weight excluding hydrogens is 663 g/mol. The van der Waals surface area contributed by atoms with Gasteiger partial charge in [-0.3, -0.25) is 0 Å². The first kappa shape index (κ1) is 32.5. The Labute approximate surface area is 311 Å². The Morgan fingerprint density at radius 3 is 1.72 bits per heavy atom. The zero-order valence-corrected chi connectivity index (χ0v) is 30.8. The van der Waals surface area contributed by atoms with Gasteiger partial charge in [0, 0.05) is 38.6 Å². The molecule has 2 aliphatic rings. The number of para-hydroxylation sites is 2. The molecule has 1 aliphatic heterocycles. The van der Waals surface area contributed by atoms with Crippen molar-refractivity contribution in [3.8, 4) is 18.2 Å². The van der Waals surface area contributed by atoms with E-state index < -0.39 is 8.24 Å². The Bertz CT molecular complexity index is 2600. The standard InChI is InChI=1S/C47H37N5Si/c1-46-24-7-8-25-47(46,2)51(45-21-6-4-19-42(45)46)36-22-23-44-41(29-36)40-18-3-5-20-43(40)52(44)53(37-15-9-12-33(26-37)30-48,38-16-10-13-34(27-38)31-49)39-17-11-14-35(28-39)32-50/h3-6,9-23,26-29H,7-8,24-25H2,1-2H3. The molecule has 1 aliphatic carbocycles. The maximum absolute atomic E-state index is 10.2. The summed E-state index contributed by atoms with van der Waals surface area (Å²) in [7, 11) is -3.43. The molecular formula is C47H37N5Si. The van der Waals surface area contributed by atoms with E-state index in [2.05, 4.69) is 126 Å². The van der Waals surface area contributed by atoms with E-state index in [1.807, 2.05) is 54.6 Å². The van der Waals surface area contributed by atoms with Gasteiger partial charge in [0.2, 0.25) is 0 Å². The summed E-state index contributed by atoms with van der Waals surface area (Å²) in [6.45, 7) is 4.93. The Kier molecular flexibility index (Phi) is 7.42. The number of aromatic nitrogens is 1. The summed E-state index contributed by atoms with van der Waals surface area (Å²) in [5, 5.41) is 35.9. The highest BCUT2D eigenvalue weighted by Gasteiger charge is 2.57. The van der Waals surface area contributed by atoms with Gasteiger partial charge in [-0.05, 0) is 108 Å². The molecule has 6 aromatic carbocycles. The lowest BCUT2D eigenvalue weighted by atomic mass is 9.61. The van der Waals surface area contributed by atoms with Gasteiger partial charge in [-0.25, -0.2) is 0 Å². The summed E-state index contributed by atoms with van der Waals surface area (Å²) < 4.78 is 2.51. The molecule has 0 saturated heterocycles. The lowest BCUT2D eigenvalue weighted by molar-refractivity contribution is 0.195. The number of nitrogens with zero attached hydrogens (tertiary/aromatic N) is 5. The quantitative estimate of drug-likeness (QED) is 0.133. The normalized spacial score (nSPS) is 19.3. The van der Waals surface area contributed by atoms with E-state index in [1.165, 1.54) is 29.8 Å². The van der Waals surface area contributed by atoms with Crippen LogP contribution in [0.25, 0.3) is 21.8 Å². The highest BCUT2D eigenvalue weighted by Crippen LogP contribution is 2.60. The van der Waals surface area contributed by atoms with Gasteiger partial charge in [-0.1, -0.05) is 92.6 Å². The van der Waals surface area contributed by atoms with Gasteiger partial charge in [0.15, 0.2) is 0 Å². The van der Waals surface area contributed by atoms with Crippen LogP contribution in [0.15, 0.2) is 140 Å². The fourth-order valence-electron chi connectivity index (χ4n) is 9.89. The number of hydrogen-bond acceptors (Lipinski definition) is 4. The molecule has 2 atom stereocenters. The molecule has 1 aromatic heterocycles. The third kappa shape index (κ3) is 4.51. The third-order valence-electron chi connectivity index (χ3n) is 12.5. The van der Waals surface area contributed by atoms with Crippen LogP contribution in [0.2, 0.25) is 0 Å². The van der Waals surface area contributed by atoms with Crippen LogP contribution < -0.4 is 20.5 Å². The molecule has 2 unspecified atom stereocenters. The third-order valence-corrected chi connectivity index (χ3v) is 17.1. The second-order valence-corrected chi connectivity index (χ2v) is 18.6. The van der Waals surface area contributed by atoms with Gasteiger partial charge >= 0.3 is 0 Å². The summed E-state index contributed by atoms with van der Waals surface area (Å²) in [5.74, 6) is 0. The van der Waals surface area contributed by atoms with Crippen molar-refractivity contribution in [1.29, 1.82) is 15.8 Å². The predicted octanol–water partition coefficient (Wildman–Crippen LogP) is 8.67. The van der Waals surface area contributed by atoms with Gasteiger partial charge in [0.05, 0.1) is 40.4 Å². The maximum atomic E-state index is 10.2. The summed E-state index contributed by atoms with van der Waals surface area (Å²) in [4.78, 5) is 2.63. The van der Waals surface area contributed by atoms with Crippen molar-refractivity contribution in [3.63, 3.8) is 0 Å². The Hall–Kier alpha value is -6.39. The van der Waals surface area contributed by atoms with E-state index in [1.54, 1.807) is 0 Å². The molecule has 2 heterocycles. The monoisotopic (exact) mass is 699 g/mol. The highest BCUT2D eigenvalue weighted by atomic mass is 28.3. The molecule has 0 spiro atoms. The highest BCUT2D eigenvalue weighted by molar-refractivity contribution is 7.11. The number of anilines is 2. The van der Waals surface area contributed by atoms with E-state index in [0.717, 1.165) is 50.2 Å². The number of benzene rings is 6. The van der Waals surface area contributed by atoms with Crippen LogP contribution in [0.3, 0.4) is 0 Å². The lowest BCUT2D eigenvalue weighted by Crippen LogP contribution is -2.72. The van der Waals surface area contributed by atoms with E-state index in [4.69, 9.17) is 0 Å². The van der Waals surface area contributed by atoms with Crippen LogP contribution in [0.5, 0.6) is 0 Å². The Morgan fingerprint density at radius 2 is 1.09 bits per heavy atom. The number of fused-ring (bicyclic) bond motifs is 6. The van der Waals surface area contributed by atoms with Crippen LogP contribution in [0.4, 0.5) is 11.4 Å². The molecule has 6 heteroatoms. The van der Waals surface area contributed by atoms with Crippen molar-refractivity contribution >= 4 is 57.0 Å². The molecule has 0 radical (unpaired) electrons. The first-order valence-corrected chi connectivity index (χ1v) is 20.3. The van der Waals surface area contributed by atoms with E-state index in [-0.39, 0.29) is 11.0 Å². The average molecular weight is 700 g/mol. The van der Waals surface area contributed by atoms with E-state index in [9.17, 15) is 15.8 Å². The zero-order valence-electron chi connectivity index (χ0n) is 29.8. The Balaban J connectivity index is 1.41. The lowest BCUT2D eigenvalue weighted by Gasteiger charge is -2.50. The first-order valence-electron chi connectivity index (χ1n) is 18.3. The van der Waals surface area contributed by atoms with Gasteiger partial charge in [0.25, 0.3) is 8.24 Å². The average Bonchev–Trinajstić information content (AvgIpc) is 3.64. The van der Waals surface area contributed by atoms with Crippen molar-refractivity contribution in [2.75, 3.05) is 4.90 Å². The minimum atomic E-state index is -3.43. The van der Waals surface area contributed by atoms with Crippen LogP contribution in [-0.2, 0) is 5.41 Å². The van der Waals surface area contributed by atoms with Crippen LogP contribution in [-0.4, -0.2) is 18.0 Å². The molecule has 1 fully saturated rings. The smallest absolute Gasteiger partial charge is 0.257 e. The molecule has 9 rings (SSSR count). The number of rotatable bonds is 5. The van der Waals surface area contributed by atoms with Gasteiger partial charge in [0.1, 0.15) is 0 Å². The SMILES string of the molecule is CC12CCCCC1(C)N(c1ccc3c(c1)c1ccccc1n3[Si](c1cccc(C#N)c1)(c1cccc(C#N)c1)c1cccc(C#N)c1)c1ccccc12. The van der Waals surface area contributed by atoms with Crippen molar-refractivity contribution in [1.82, 2.24) is 4.23 Å². The molecule has 1 saturated carbocycles. The van der Waals surface area contributed by atoms with Crippen molar-refractivity contribution in [2.24, 2.45) is 0 Å². The van der Waals surface area contributed by atoms with Gasteiger partial charge in [-0.15, -0.1) is 0 Å². The largest absolute Gasteiger partial charge is 0.355 e. The van der Waals surface area contributed by atoms with Gasteiger partial charge in [-0.2, -0.15) is 15.8 Å². The van der Waals surface area contributed by atoms with Crippen molar-refractivity contribution < 1.29 is 0 Å². The van der Waals surface area contributed by atoms with Crippen LogP contribution in [0.1, 0.15) is 61.8 Å². The topological polar surface area (TPSA) is 79.5 Å². The fraction of sp³-hybridized carbons (Fsp3) is 0.170. The molecule has 53 heavy (non-hydrogen) atoms. The zero-order chi connectivity index (χ0) is 36.4. The summed E-state index contributed by atoms with van der Waals surface area (Å²) in [6, 6.07) is 55.5. The fourth-order valence-corrected chi connectivity index (χ4v) is 14.9. The minimum Gasteiger partial charge on any atom is -0.355 e. The molecule has 0 amide bonds. The summed E-state index contributed by atoms with van der Waals surface area (Å²) >= 11 is 0. The second-order valence-electron chi connectivity index (χ2n) is 15.0. The molecule has 0 bridgehead atoms. The van der Waals surface area contributed by atoms with Crippen molar-refractivity contribution in [3.05, 3.63) is 162 Å². The summed E-state index contributed by atoms with van der Waals surface area (Å²) in [6.07, 6.45) is 4.73. The molecule has 254 valence electrons. The first-order chi connectivity index (χ1) is 25.9. The van der Waals surface area contributed by atoms with Crippen LogP contribution >= 0.6 is 0 Å². The molecule has 5 nitrogen and oxygen atoms in total. The van der Waals surface area contributed by atoms with Gasteiger partial charge < -0.3 is 9.13 Å². The van der Waals surface area contributed by atoms with E-state index in [0.29, 0.717) is 16.7 Å². The number of hydrogen-bond donors (Lipinski definition) is 0.